The van der Waals surface area contributed by atoms with E-state index >= 15 is 0 Å². The van der Waals surface area contributed by atoms with Gasteiger partial charge in [0.2, 0.25) is 0 Å². The van der Waals surface area contributed by atoms with Crippen LogP contribution in [0.2, 0.25) is 0 Å². The molecule has 0 spiro atoms. The van der Waals surface area contributed by atoms with Gasteiger partial charge in [-0.25, -0.2) is 0 Å². The van der Waals surface area contributed by atoms with Crippen molar-refractivity contribution in [2.24, 2.45) is 0 Å². The van der Waals surface area contributed by atoms with E-state index in [1.807, 2.05) is 0 Å². The predicted octanol–water partition coefficient (Wildman–Crippen LogP) is 2.85. The molecule has 74 valence electrons. The molecule has 0 aliphatic heterocycles. The van der Waals surface area contributed by atoms with Crippen LogP contribution in [0, 0.1) is 11.8 Å². The number of hydrogen-bond acceptors (Lipinski definition) is 1. The highest BCUT2D eigenvalue weighted by Gasteiger charge is 2.32. The molecule has 0 saturated heterocycles. The van der Waals surface area contributed by atoms with E-state index < -0.39 is 11.9 Å². The van der Waals surface area contributed by atoms with Crippen molar-refractivity contribution in [3.05, 3.63) is 29.6 Å². The lowest BCUT2D eigenvalue weighted by Crippen LogP contribution is -2.07. The summed E-state index contributed by atoms with van der Waals surface area (Å²) in [4.78, 5) is 3.21. The van der Waals surface area contributed by atoms with Gasteiger partial charge in [-0.05, 0) is 12.1 Å². The summed E-state index contributed by atoms with van der Waals surface area (Å²) in [7, 11) is 0. The van der Waals surface area contributed by atoms with Gasteiger partial charge in [0.1, 0.15) is 5.69 Å². The van der Waals surface area contributed by atoms with Crippen LogP contribution in [-0.4, -0.2) is 10.3 Å². The first-order valence-electron chi connectivity index (χ1n) is 3.62. The summed E-state index contributed by atoms with van der Waals surface area (Å²) < 4.78 is 36.5. The molecule has 0 atom stereocenters. The zero-order valence-corrected chi connectivity index (χ0v) is 8.48. The molecule has 1 aromatic heterocycles. The maximum absolute atomic E-state index is 12.2. The van der Waals surface area contributed by atoms with Gasteiger partial charge in [0, 0.05) is 11.8 Å². The van der Waals surface area contributed by atoms with Gasteiger partial charge in [0.05, 0.1) is 5.33 Å². The zero-order valence-electron chi connectivity index (χ0n) is 6.90. The first kappa shape index (κ1) is 11.1. The molecule has 0 saturated carbocycles. The van der Waals surface area contributed by atoms with Crippen molar-refractivity contribution < 1.29 is 13.2 Å². The Morgan fingerprint density at radius 2 is 2.14 bits per heavy atom. The molecule has 0 radical (unpaired) electrons. The predicted molar refractivity (Wildman–Crippen MR) is 49.9 cm³/mol. The Hall–Kier alpha value is -1.02. The van der Waals surface area contributed by atoms with E-state index in [-0.39, 0.29) is 0 Å². The monoisotopic (exact) mass is 263 g/mol. The highest BCUT2D eigenvalue weighted by molar-refractivity contribution is 9.09. The van der Waals surface area contributed by atoms with E-state index in [9.17, 15) is 13.2 Å². The Bertz CT molecular complexity index is 376. The van der Waals surface area contributed by atoms with Crippen LogP contribution < -0.4 is 0 Å². The average molecular weight is 264 g/mol. The Balaban J connectivity index is 3.02. The minimum atomic E-state index is -4.41. The molecular weight excluding hydrogens is 259 g/mol. The summed E-state index contributed by atoms with van der Waals surface area (Å²) in [5.74, 6) is 5.18. The van der Waals surface area contributed by atoms with Crippen LogP contribution in [0.4, 0.5) is 13.2 Å². The van der Waals surface area contributed by atoms with E-state index in [2.05, 4.69) is 32.8 Å². The van der Waals surface area contributed by atoms with Crippen LogP contribution >= 0.6 is 15.9 Å². The first-order chi connectivity index (χ1) is 6.54. The van der Waals surface area contributed by atoms with Gasteiger partial charge in [-0.1, -0.05) is 27.8 Å². The van der Waals surface area contributed by atoms with Crippen LogP contribution in [0.3, 0.4) is 0 Å². The summed E-state index contributed by atoms with van der Waals surface area (Å²) in [5.41, 5.74) is -0.606. The molecule has 5 heteroatoms. The van der Waals surface area contributed by atoms with Crippen molar-refractivity contribution in [1.29, 1.82) is 0 Å². The summed E-state index contributed by atoms with van der Waals surface area (Å²) in [6.45, 7) is 0. The van der Waals surface area contributed by atoms with E-state index in [0.29, 0.717) is 10.9 Å². The molecule has 1 heterocycles. The Kier molecular flexibility index (Phi) is 3.53. The fourth-order valence-corrected chi connectivity index (χ4v) is 0.939. The number of alkyl halides is 4. The van der Waals surface area contributed by atoms with Gasteiger partial charge < -0.3 is 0 Å². The maximum Gasteiger partial charge on any atom is 0.433 e. The smallest absolute Gasteiger partial charge is 0.252 e. The fraction of sp³-hybridized carbons (Fsp3) is 0.222. The van der Waals surface area contributed by atoms with Crippen molar-refractivity contribution in [2.75, 3.05) is 5.33 Å². The lowest BCUT2D eigenvalue weighted by Gasteiger charge is -2.04. The van der Waals surface area contributed by atoms with Gasteiger partial charge in [-0.2, -0.15) is 13.2 Å². The highest BCUT2D eigenvalue weighted by atomic mass is 79.9. The van der Waals surface area contributed by atoms with Gasteiger partial charge in [0.25, 0.3) is 0 Å². The second-order valence-corrected chi connectivity index (χ2v) is 2.92. The Labute approximate surface area is 87.5 Å². The summed E-state index contributed by atoms with van der Waals surface area (Å²) in [6.07, 6.45) is -3.31. The normalized spacial score (nSPS) is 10.6. The van der Waals surface area contributed by atoms with E-state index in [1.54, 1.807) is 0 Å². The first-order valence-corrected chi connectivity index (χ1v) is 4.74. The standard InChI is InChI=1S/C9H5BrF3N/c10-4-1-2-7-3-5-14-8(6-7)9(11,12)13/h3,5-6H,4H2. The molecule has 1 aromatic rings. The third-order valence-corrected chi connectivity index (χ3v) is 1.63. The summed E-state index contributed by atoms with van der Waals surface area (Å²) in [5, 5.41) is 0.427. The molecule has 0 aliphatic rings. The minimum absolute atomic E-state index is 0.312. The van der Waals surface area contributed by atoms with E-state index in [1.165, 1.54) is 6.07 Å². The van der Waals surface area contributed by atoms with Crippen LogP contribution in [0.25, 0.3) is 0 Å². The van der Waals surface area contributed by atoms with Crippen molar-refractivity contribution in [3.63, 3.8) is 0 Å². The van der Waals surface area contributed by atoms with Crippen LogP contribution in [0.5, 0.6) is 0 Å². The molecular formula is C9H5BrF3N. The lowest BCUT2D eigenvalue weighted by molar-refractivity contribution is -0.141. The average Bonchev–Trinajstić information content (AvgIpc) is 2.14. The molecule has 0 amide bonds. The molecule has 0 fully saturated rings. The third-order valence-electron chi connectivity index (χ3n) is 1.35. The number of hydrogen-bond donors (Lipinski definition) is 0. The quantitative estimate of drug-likeness (QED) is 0.518. The largest absolute Gasteiger partial charge is 0.433 e. The van der Waals surface area contributed by atoms with Gasteiger partial charge >= 0.3 is 6.18 Å². The van der Waals surface area contributed by atoms with Gasteiger partial charge in [-0.15, -0.1) is 0 Å². The van der Waals surface area contributed by atoms with Crippen LogP contribution in [-0.2, 0) is 6.18 Å². The van der Waals surface area contributed by atoms with Crippen molar-refractivity contribution in [3.8, 4) is 11.8 Å². The number of halogens is 4. The Morgan fingerprint density at radius 3 is 2.71 bits per heavy atom. The van der Waals surface area contributed by atoms with Crippen molar-refractivity contribution >= 4 is 15.9 Å². The molecule has 1 nitrogen and oxygen atoms in total. The minimum Gasteiger partial charge on any atom is -0.252 e. The van der Waals surface area contributed by atoms with Gasteiger partial charge in [0.15, 0.2) is 0 Å². The van der Waals surface area contributed by atoms with E-state index in [4.69, 9.17) is 0 Å². The number of nitrogens with zero attached hydrogens (tertiary/aromatic N) is 1. The second kappa shape index (κ2) is 4.47. The molecule has 0 aromatic carbocycles. The zero-order chi connectivity index (χ0) is 10.6. The number of pyridine rings is 1. The third kappa shape index (κ3) is 3.04. The summed E-state index contributed by atoms with van der Waals surface area (Å²) >= 11 is 3.05. The van der Waals surface area contributed by atoms with Crippen molar-refractivity contribution in [1.82, 2.24) is 4.98 Å². The fourth-order valence-electron chi connectivity index (χ4n) is 0.799. The molecule has 0 unspecified atom stereocenters. The highest BCUT2D eigenvalue weighted by Crippen LogP contribution is 2.27. The molecule has 0 N–H and O–H groups in total. The number of aromatic nitrogens is 1. The molecule has 0 bridgehead atoms. The van der Waals surface area contributed by atoms with Crippen molar-refractivity contribution in [2.45, 2.75) is 6.18 Å². The summed E-state index contributed by atoms with van der Waals surface area (Å²) in [6, 6.07) is 2.36. The maximum atomic E-state index is 12.2. The number of rotatable bonds is 0. The van der Waals surface area contributed by atoms with E-state index in [0.717, 1.165) is 12.3 Å². The van der Waals surface area contributed by atoms with Gasteiger partial charge in [-0.3, -0.25) is 4.98 Å². The Morgan fingerprint density at radius 1 is 1.43 bits per heavy atom. The van der Waals surface area contributed by atoms with Crippen LogP contribution in [0.1, 0.15) is 11.3 Å². The molecule has 14 heavy (non-hydrogen) atoms. The lowest BCUT2D eigenvalue weighted by atomic mass is 10.2. The SMILES string of the molecule is FC(F)(F)c1cc(C#CCBr)ccn1. The topological polar surface area (TPSA) is 12.9 Å². The second-order valence-electron chi connectivity index (χ2n) is 2.36. The molecule has 1 rings (SSSR count). The van der Waals surface area contributed by atoms with Crippen LogP contribution in [0.15, 0.2) is 18.3 Å². The molecule has 0 aliphatic carbocycles.